The first-order chi connectivity index (χ1) is 9.02. The maximum atomic E-state index is 13.3. The Morgan fingerprint density at radius 1 is 1.47 bits per heavy atom. The minimum atomic E-state index is -0.565. The summed E-state index contributed by atoms with van der Waals surface area (Å²) in [5.74, 6) is -0.771. The molecule has 1 aromatic heterocycles. The fourth-order valence-corrected chi connectivity index (χ4v) is 1.95. The van der Waals surface area contributed by atoms with Crippen molar-refractivity contribution in [1.82, 2.24) is 9.78 Å². The number of nitrogen functional groups attached to an aromatic ring is 1. The molecule has 2 rings (SSSR count). The predicted molar refractivity (Wildman–Crippen MR) is 71.4 cm³/mol. The number of anilines is 1. The highest BCUT2D eigenvalue weighted by molar-refractivity contribution is 6.01. The van der Waals surface area contributed by atoms with Crippen LogP contribution in [0.25, 0.3) is 0 Å². The Labute approximate surface area is 111 Å². The van der Waals surface area contributed by atoms with E-state index in [-0.39, 0.29) is 23.5 Å². The third-order valence-corrected chi connectivity index (χ3v) is 3.08. The average molecular weight is 261 g/mol. The minimum Gasteiger partial charge on any atom is -0.396 e. The minimum absolute atomic E-state index is 0.0922. The normalized spacial score (nSPS) is 10.7. The van der Waals surface area contributed by atoms with Crippen LogP contribution in [0.15, 0.2) is 24.3 Å². The molecule has 0 saturated carbocycles. The number of aryl methyl sites for hydroxylation is 2. The summed E-state index contributed by atoms with van der Waals surface area (Å²) >= 11 is 0. The average Bonchev–Trinajstić information content (AvgIpc) is 2.73. The molecule has 1 heterocycles. The Hall–Kier alpha value is -2.17. The molecule has 0 fully saturated rings. The van der Waals surface area contributed by atoms with Gasteiger partial charge in [0.05, 0.1) is 17.8 Å². The van der Waals surface area contributed by atoms with Crippen LogP contribution in [0.4, 0.5) is 10.1 Å². The van der Waals surface area contributed by atoms with E-state index in [4.69, 9.17) is 5.73 Å². The number of halogens is 1. The maximum Gasteiger partial charge on any atom is 0.170 e. The van der Waals surface area contributed by atoms with Gasteiger partial charge in [0.25, 0.3) is 0 Å². The third-order valence-electron chi connectivity index (χ3n) is 3.08. The van der Waals surface area contributed by atoms with Crippen molar-refractivity contribution in [2.75, 3.05) is 5.73 Å². The first-order valence-corrected chi connectivity index (χ1v) is 6.12. The van der Waals surface area contributed by atoms with E-state index in [2.05, 4.69) is 5.10 Å². The number of nitrogens with zero attached hydrogens (tertiary/aromatic N) is 2. The van der Waals surface area contributed by atoms with E-state index < -0.39 is 5.82 Å². The molecular formula is C14H16FN3O. The van der Waals surface area contributed by atoms with Gasteiger partial charge in [-0.15, -0.1) is 0 Å². The van der Waals surface area contributed by atoms with E-state index in [1.807, 2.05) is 13.0 Å². The quantitative estimate of drug-likeness (QED) is 0.677. The van der Waals surface area contributed by atoms with Gasteiger partial charge in [-0.25, -0.2) is 4.39 Å². The van der Waals surface area contributed by atoms with Crippen molar-refractivity contribution in [1.29, 1.82) is 0 Å². The standard InChI is InChI=1S/C14H16FN3O/c1-3-9-7-10(18(2)17-9)8-13(19)11-5-4-6-12(15)14(11)16/h4-7H,3,8,16H2,1-2H3. The lowest BCUT2D eigenvalue weighted by molar-refractivity contribution is 0.0991. The highest BCUT2D eigenvalue weighted by Crippen LogP contribution is 2.18. The zero-order chi connectivity index (χ0) is 14.0. The van der Waals surface area contributed by atoms with Crippen LogP contribution in [0.3, 0.4) is 0 Å². The summed E-state index contributed by atoms with van der Waals surface area (Å²) in [7, 11) is 1.79. The number of para-hydroxylation sites is 1. The molecule has 0 aliphatic carbocycles. The molecule has 2 N–H and O–H groups in total. The van der Waals surface area contributed by atoms with Crippen LogP contribution in [-0.2, 0) is 19.9 Å². The predicted octanol–water partition coefficient (Wildman–Crippen LogP) is 2.13. The van der Waals surface area contributed by atoms with Gasteiger partial charge in [-0.3, -0.25) is 9.48 Å². The van der Waals surface area contributed by atoms with Crippen molar-refractivity contribution in [2.45, 2.75) is 19.8 Å². The molecule has 0 bridgehead atoms. The molecule has 0 saturated heterocycles. The molecule has 0 atom stereocenters. The van der Waals surface area contributed by atoms with Gasteiger partial charge in [0, 0.05) is 18.3 Å². The molecule has 100 valence electrons. The second-order valence-corrected chi connectivity index (χ2v) is 4.41. The molecule has 4 nitrogen and oxygen atoms in total. The van der Waals surface area contributed by atoms with E-state index in [1.165, 1.54) is 18.2 Å². The van der Waals surface area contributed by atoms with Gasteiger partial charge in [-0.05, 0) is 24.6 Å². The second kappa shape index (κ2) is 5.22. The van der Waals surface area contributed by atoms with Crippen molar-refractivity contribution >= 4 is 11.5 Å². The lowest BCUT2D eigenvalue weighted by atomic mass is 10.0. The number of nitrogens with two attached hydrogens (primary N) is 1. The number of Topliss-reactive ketones (excluding diaryl/α,β-unsaturated/α-hetero) is 1. The van der Waals surface area contributed by atoms with Crippen molar-refractivity contribution in [3.05, 3.63) is 47.0 Å². The smallest absolute Gasteiger partial charge is 0.170 e. The van der Waals surface area contributed by atoms with Crippen molar-refractivity contribution < 1.29 is 9.18 Å². The summed E-state index contributed by atoms with van der Waals surface area (Å²) in [5.41, 5.74) is 7.44. The number of carbonyl (C=O) groups is 1. The highest BCUT2D eigenvalue weighted by Gasteiger charge is 2.15. The summed E-state index contributed by atoms with van der Waals surface area (Å²) in [5, 5.41) is 4.27. The fourth-order valence-electron chi connectivity index (χ4n) is 1.95. The van der Waals surface area contributed by atoms with Crippen LogP contribution in [0.5, 0.6) is 0 Å². The molecule has 0 aliphatic heterocycles. The molecule has 0 radical (unpaired) electrons. The van der Waals surface area contributed by atoms with Gasteiger partial charge in [0.15, 0.2) is 5.78 Å². The van der Waals surface area contributed by atoms with Gasteiger partial charge in [0.1, 0.15) is 5.82 Å². The molecule has 0 aliphatic rings. The van der Waals surface area contributed by atoms with Gasteiger partial charge in [0.2, 0.25) is 0 Å². The van der Waals surface area contributed by atoms with E-state index in [0.29, 0.717) is 0 Å². The highest BCUT2D eigenvalue weighted by atomic mass is 19.1. The Kier molecular flexibility index (Phi) is 3.64. The van der Waals surface area contributed by atoms with Crippen molar-refractivity contribution in [3.63, 3.8) is 0 Å². The summed E-state index contributed by atoms with van der Waals surface area (Å²) in [6, 6.07) is 6.15. The van der Waals surface area contributed by atoms with E-state index in [0.717, 1.165) is 17.8 Å². The maximum absolute atomic E-state index is 13.3. The van der Waals surface area contributed by atoms with E-state index in [1.54, 1.807) is 11.7 Å². The van der Waals surface area contributed by atoms with Crippen LogP contribution in [0, 0.1) is 5.82 Å². The lowest BCUT2D eigenvalue weighted by Gasteiger charge is -2.05. The van der Waals surface area contributed by atoms with E-state index >= 15 is 0 Å². The van der Waals surface area contributed by atoms with E-state index in [9.17, 15) is 9.18 Å². The number of ketones is 1. The number of carbonyl (C=O) groups excluding carboxylic acids is 1. The number of benzene rings is 1. The Morgan fingerprint density at radius 2 is 2.21 bits per heavy atom. The fraction of sp³-hybridized carbons (Fsp3) is 0.286. The van der Waals surface area contributed by atoms with Gasteiger partial charge < -0.3 is 5.73 Å². The van der Waals surface area contributed by atoms with Crippen molar-refractivity contribution in [2.24, 2.45) is 7.05 Å². The van der Waals surface area contributed by atoms with Crippen LogP contribution < -0.4 is 5.73 Å². The third kappa shape index (κ3) is 2.65. The topological polar surface area (TPSA) is 60.9 Å². The Morgan fingerprint density at radius 3 is 2.84 bits per heavy atom. The largest absolute Gasteiger partial charge is 0.396 e. The molecule has 1 aromatic carbocycles. The SMILES string of the molecule is CCc1cc(CC(=O)c2cccc(F)c2N)n(C)n1. The van der Waals surface area contributed by atoms with Gasteiger partial charge in [-0.2, -0.15) is 5.10 Å². The first kappa shape index (κ1) is 13.3. The number of aromatic nitrogens is 2. The Balaban J connectivity index is 2.25. The van der Waals surface area contributed by atoms with Crippen molar-refractivity contribution in [3.8, 4) is 0 Å². The molecular weight excluding hydrogens is 245 g/mol. The zero-order valence-corrected chi connectivity index (χ0v) is 11.0. The van der Waals surface area contributed by atoms with Crippen LogP contribution in [0.2, 0.25) is 0 Å². The monoisotopic (exact) mass is 261 g/mol. The zero-order valence-electron chi connectivity index (χ0n) is 11.0. The van der Waals surface area contributed by atoms with Crippen LogP contribution >= 0.6 is 0 Å². The number of hydrogen-bond donors (Lipinski definition) is 1. The summed E-state index contributed by atoms with van der Waals surface area (Å²) in [6.45, 7) is 2.00. The number of hydrogen-bond acceptors (Lipinski definition) is 3. The second-order valence-electron chi connectivity index (χ2n) is 4.41. The Bertz CT molecular complexity index is 619. The van der Waals surface area contributed by atoms with Gasteiger partial charge in [-0.1, -0.05) is 13.0 Å². The lowest BCUT2D eigenvalue weighted by Crippen LogP contribution is -2.11. The molecule has 0 spiro atoms. The molecule has 5 heteroatoms. The summed E-state index contributed by atoms with van der Waals surface area (Å²) in [6.07, 6.45) is 0.973. The first-order valence-electron chi connectivity index (χ1n) is 6.12. The van der Waals surface area contributed by atoms with Crippen LogP contribution in [0.1, 0.15) is 28.7 Å². The molecule has 0 amide bonds. The number of rotatable bonds is 4. The summed E-state index contributed by atoms with van der Waals surface area (Å²) < 4.78 is 15.0. The van der Waals surface area contributed by atoms with Gasteiger partial charge >= 0.3 is 0 Å². The summed E-state index contributed by atoms with van der Waals surface area (Å²) in [4.78, 5) is 12.1. The van der Waals surface area contributed by atoms with Crippen LogP contribution in [-0.4, -0.2) is 15.6 Å². The molecule has 19 heavy (non-hydrogen) atoms. The molecule has 0 unspecified atom stereocenters. The molecule has 2 aromatic rings.